The quantitative estimate of drug-likeness (QED) is 0.341. The molecule has 1 unspecified atom stereocenters. The highest BCUT2D eigenvalue weighted by atomic mass is 127. The maximum Gasteiger partial charge on any atom is 0.407 e. The monoisotopic (exact) mass is 537 g/mol. The van der Waals surface area contributed by atoms with Crippen molar-refractivity contribution in [1.82, 2.24) is 15.1 Å². The van der Waals surface area contributed by atoms with Gasteiger partial charge in [0.15, 0.2) is 8.32 Å². The molecule has 1 amide bonds. The van der Waals surface area contributed by atoms with Gasteiger partial charge in [0.05, 0.1) is 12.6 Å². The van der Waals surface area contributed by atoms with Gasteiger partial charge in [-0.1, -0.05) is 34.6 Å². The van der Waals surface area contributed by atoms with E-state index in [-0.39, 0.29) is 11.1 Å². The summed E-state index contributed by atoms with van der Waals surface area (Å²) >= 11 is 2.30. The van der Waals surface area contributed by atoms with E-state index in [1.165, 1.54) is 11.3 Å². The van der Waals surface area contributed by atoms with Crippen LogP contribution in [0.5, 0.6) is 0 Å². The van der Waals surface area contributed by atoms with Crippen LogP contribution >= 0.6 is 22.6 Å². The highest BCUT2D eigenvalue weighted by Gasteiger charge is 2.38. The van der Waals surface area contributed by atoms with Crippen molar-refractivity contribution in [3.05, 3.63) is 15.0 Å². The molecule has 1 rings (SSSR count). The number of carbonyl (C=O) groups is 1. The van der Waals surface area contributed by atoms with Gasteiger partial charge >= 0.3 is 6.09 Å². The molecule has 1 aromatic rings. The molecular formula is C21H40IN3O3Si. The first-order valence-electron chi connectivity index (χ1n) is 10.5. The van der Waals surface area contributed by atoms with Gasteiger partial charge in [0.1, 0.15) is 9.30 Å². The van der Waals surface area contributed by atoms with Crippen molar-refractivity contribution in [2.45, 2.75) is 98.0 Å². The molecule has 1 atom stereocenters. The van der Waals surface area contributed by atoms with Crippen molar-refractivity contribution in [3.8, 4) is 0 Å². The molecule has 0 aromatic carbocycles. The lowest BCUT2D eigenvalue weighted by Gasteiger charge is -2.37. The highest BCUT2D eigenvalue weighted by Crippen LogP contribution is 2.37. The Bertz CT molecular complexity index is 691. The zero-order valence-corrected chi connectivity index (χ0v) is 23.1. The summed E-state index contributed by atoms with van der Waals surface area (Å²) in [6, 6.07) is -0.0830. The topological polar surface area (TPSA) is 65.4 Å². The molecule has 1 aromatic heterocycles. The lowest BCUT2D eigenvalue weighted by molar-refractivity contribution is 0.0513. The number of rotatable bonds is 8. The van der Waals surface area contributed by atoms with Crippen LogP contribution in [0.1, 0.15) is 72.7 Å². The van der Waals surface area contributed by atoms with E-state index >= 15 is 0 Å². The van der Waals surface area contributed by atoms with E-state index in [0.717, 1.165) is 16.5 Å². The molecule has 6 nitrogen and oxygen atoms in total. The van der Waals surface area contributed by atoms with Crippen LogP contribution in [0.3, 0.4) is 0 Å². The molecule has 0 spiro atoms. The van der Waals surface area contributed by atoms with Crippen molar-refractivity contribution in [1.29, 1.82) is 0 Å². The second kappa shape index (κ2) is 10.1. The van der Waals surface area contributed by atoms with E-state index in [9.17, 15) is 4.79 Å². The minimum Gasteiger partial charge on any atom is -0.444 e. The van der Waals surface area contributed by atoms with E-state index in [1.807, 2.05) is 20.8 Å². The Balaban J connectivity index is 3.11. The largest absolute Gasteiger partial charge is 0.444 e. The molecule has 168 valence electrons. The molecular weight excluding hydrogens is 497 g/mol. The molecule has 0 saturated heterocycles. The van der Waals surface area contributed by atoms with Crippen LogP contribution in [-0.4, -0.2) is 42.9 Å². The molecule has 0 fully saturated rings. The number of aromatic nitrogens is 2. The average Bonchev–Trinajstić information content (AvgIpc) is 2.87. The van der Waals surface area contributed by atoms with Crippen molar-refractivity contribution < 1.29 is 14.0 Å². The Labute approximate surface area is 191 Å². The SMILES string of the molecule is CCc1c(I)nn(C(CNC(=O)OC(C)(C)C)CO[Si](C)(C)C(C)(C)C)c1CC. The van der Waals surface area contributed by atoms with Crippen LogP contribution in [-0.2, 0) is 22.0 Å². The van der Waals surface area contributed by atoms with Crippen LogP contribution in [0.2, 0.25) is 18.1 Å². The average molecular weight is 538 g/mol. The van der Waals surface area contributed by atoms with Gasteiger partial charge < -0.3 is 14.5 Å². The predicted octanol–water partition coefficient (Wildman–Crippen LogP) is 5.70. The first-order valence-corrected chi connectivity index (χ1v) is 14.5. The fourth-order valence-electron chi connectivity index (χ4n) is 2.75. The molecule has 0 aliphatic rings. The van der Waals surface area contributed by atoms with Gasteiger partial charge in [-0.2, -0.15) is 5.10 Å². The third-order valence-electron chi connectivity index (χ3n) is 5.43. The van der Waals surface area contributed by atoms with Crippen molar-refractivity contribution in [2.24, 2.45) is 0 Å². The molecule has 1 heterocycles. The van der Waals surface area contributed by atoms with Crippen LogP contribution in [0.25, 0.3) is 0 Å². The van der Waals surface area contributed by atoms with Crippen LogP contribution in [0.4, 0.5) is 4.79 Å². The smallest absolute Gasteiger partial charge is 0.407 e. The minimum atomic E-state index is -1.92. The van der Waals surface area contributed by atoms with Crippen molar-refractivity contribution >= 4 is 37.0 Å². The summed E-state index contributed by atoms with van der Waals surface area (Å²) in [4.78, 5) is 12.2. The molecule has 8 heteroatoms. The minimum absolute atomic E-state index is 0.0830. The third kappa shape index (κ3) is 7.54. The summed E-state index contributed by atoms with van der Waals surface area (Å²) in [5, 5.41) is 7.86. The molecule has 1 N–H and O–H groups in total. The second-order valence-corrected chi connectivity index (χ2v) is 15.8. The van der Waals surface area contributed by atoms with E-state index in [0.29, 0.717) is 13.2 Å². The summed E-state index contributed by atoms with van der Waals surface area (Å²) < 4.78 is 15.0. The number of alkyl carbamates (subject to hydrolysis) is 1. The Kier molecular flexibility index (Phi) is 9.23. The summed E-state index contributed by atoms with van der Waals surface area (Å²) in [7, 11) is -1.92. The Morgan fingerprint density at radius 2 is 1.76 bits per heavy atom. The third-order valence-corrected chi connectivity index (χ3v) is 10.8. The lowest BCUT2D eigenvalue weighted by atomic mass is 10.1. The summed E-state index contributed by atoms with van der Waals surface area (Å²) in [5.74, 6) is 0. The summed E-state index contributed by atoms with van der Waals surface area (Å²) in [6.07, 6.45) is 1.42. The standard InChI is InChI=1S/C21H40IN3O3Si/c1-11-16-17(12-2)25(24-18(16)22)15(13-23-19(26)28-20(3,4)5)14-27-29(9,10)21(6,7)8/h15H,11-14H2,1-10H3,(H,23,26). The zero-order valence-electron chi connectivity index (χ0n) is 19.9. The van der Waals surface area contributed by atoms with E-state index in [2.05, 4.69) is 80.3 Å². The number of halogens is 1. The van der Waals surface area contributed by atoms with Crippen molar-refractivity contribution in [3.63, 3.8) is 0 Å². The number of hydrogen-bond acceptors (Lipinski definition) is 4. The number of amides is 1. The first-order chi connectivity index (χ1) is 13.1. The van der Waals surface area contributed by atoms with Crippen LogP contribution in [0, 0.1) is 3.70 Å². The predicted molar refractivity (Wildman–Crippen MR) is 130 cm³/mol. The van der Waals surface area contributed by atoms with Gasteiger partial charge in [0, 0.05) is 17.8 Å². The van der Waals surface area contributed by atoms with Crippen LogP contribution < -0.4 is 5.32 Å². The summed E-state index contributed by atoms with van der Waals surface area (Å²) in [5.41, 5.74) is 1.97. The van der Waals surface area contributed by atoms with Gasteiger partial charge in [-0.25, -0.2) is 4.79 Å². The van der Waals surface area contributed by atoms with Gasteiger partial charge in [-0.15, -0.1) is 0 Å². The van der Waals surface area contributed by atoms with Gasteiger partial charge in [0.25, 0.3) is 0 Å². The fourth-order valence-corrected chi connectivity index (χ4v) is 4.72. The molecule has 0 radical (unpaired) electrons. The molecule has 0 aliphatic carbocycles. The normalized spacial score (nSPS) is 14.0. The fraction of sp³-hybridized carbons (Fsp3) is 0.810. The molecule has 0 bridgehead atoms. The maximum absolute atomic E-state index is 12.2. The van der Waals surface area contributed by atoms with E-state index in [4.69, 9.17) is 14.3 Å². The van der Waals surface area contributed by atoms with E-state index in [1.54, 1.807) is 0 Å². The summed E-state index contributed by atoms with van der Waals surface area (Å²) in [6.45, 7) is 22.0. The number of carbonyl (C=O) groups excluding carboxylic acids is 1. The number of ether oxygens (including phenoxy) is 1. The van der Waals surface area contributed by atoms with E-state index < -0.39 is 20.0 Å². The second-order valence-electron chi connectivity index (χ2n) is 9.98. The van der Waals surface area contributed by atoms with Gasteiger partial charge in [-0.3, -0.25) is 4.68 Å². The highest BCUT2D eigenvalue weighted by molar-refractivity contribution is 14.1. The van der Waals surface area contributed by atoms with Crippen molar-refractivity contribution in [2.75, 3.05) is 13.2 Å². The maximum atomic E-state index is 12.2. The number of nitrogens with zero attached hydrogens (tertiary/aromatic N) is 2. The van der Waals surface area contributed by atoms with Crippen LogP contribution in [0.15, 0.2) is 0 Å². The number of hydrogen-bond donors (Lipinski definition) is 1. The first kappa shape index (κ1) is 26.4. The lowest BCUT2D eigenvalue weighted by Crippen LogP contribution is -2.44. The Morgan fingerprint density at radius 1 is 1.17 bits per heavy atom. The zero-order chi connectivity index (χ0) is 22.6. The van der Waals surface area contributed by atoms with Gasteiger partial charge in [-0.05, 0) is 74.3 Å². The van der Waals surface area contributed by atoms with Gasteiger partial charge in [0.2, 0.25) is 0 Å². The molecule has 29 heavy (non-hydrogen) atoms. The Hall–Kier alpha value is -0.613. The Morgan fingerprint density at radius 3 is 2.21 bits per heavy atom. The molecule has 0 saturated carbocycles. The molecule has 0 aliphatic heterocycles. The number of nitrogens with one attached hydrogen (secondary N) is 1.